The van der Waals surface area contributed by atoms with Gasteiger partial charge >= 0.3 is 0 Å². The molecule has 3 nitrogen and oxygen atoms in total. The van der Waals surface area contributed by atoms with E-state index in [0.29, 0.717) is 5.69 Å². The van der Waals surface area contributed by atoms with Crippen molar-refractivity contribution < 1.29 is 9.50 Å². The summed E-state index contributed by atoms with van der Waals surface area (Å²) in [7, 11) is 1.81. The second kappa shape index (κ2) is 4.72. The number of para-hydroxylation sites is 1. The van der Waals surface area contributed by atoms with Gasteiger partial charge in [0.05, 0.1) is 5.52 Å². The first kappa shape index (κ1) is 12.8. The van der Waals surface area contributed by atoms with Crippen molar-refractivity contribution in [3.05, 3.63) is 65.1 Å². The third-order valence-electron chi connectivity index (χ3n) is 3.49. The number of benzene rings is 2. The molecule has 0 saturated carbocycles. The Bertz CT molecular complexity index is 779. The number of nitrogens with zero attached hydrogens (tertiary/aromatic N) is 2. The molecule has 0 aliphatic carbocycles. The Kier molecular flexibility index (Phi) is 3.03. The third kappa shape index (κ3) is 1.98. The van der Waals surface area contributed by atoms with Gasteiger partial charge in [-0.2, -0.15) is 5.10 Å². The number of aryl methyl sites for hydroxylation is 2. The average molecular weight is 270 g/mol. The lowest BCUT2D eigenvalue weighted by molar-refractivity contribution is 0.210. The molecule has 2 aromatic carbocycles. The van der Waals surface area contributed by atoms with Crippen LogP contribution in [-0.4, -0.2) is 14.9 Å². The zero-order chi connectivity index (χ0) is 14.3. The van der Waals surface area contributed by atoms with Crippen LogP contribution in [-0.2, 0) is 7.05 Å². The highest BCUT2D eigenvalue weighted by molar-refractivity contribution is 5.82. The quantitative estimate of drug-likeness (QED) is 0.777. The van der Waals surface area contributed by atoms with Crippen LogP contribution in [0.3, 0.4) is 0 Å². The molecule has 0 bridgehead atoms. The van der Waals surface area contributed by atoms with Crippen LogP contribution < -0.4 is 0 Å². The van der Waals surface area contributed by atoms with Gasteiger partial charge in [0.2, 0.25) is 0 Å². The molecule has 1 N–H and O–H groups in total. The summed E-state index contributed by atoms with van der Waals surface area (Å²) in [6, 6.07) is 12.3. The van der Waals surface area contributed by atoms with Crippen molar-refractivity contribution in [3.63, 3.8) is 0 Å². The predicted molar refractivity (Wildman–Crippen MR) is 75.9 cm³/mol. The summed E-state index contributed by atoms with van der Waals surface area (Å²) in [6.07, 6.45) is -1.07. The van der Waals surface area contributed by atoms with E-state index in [4.69, 9.17) is 0 Å². The standard InChI is InChI=1S/C16H15FN2O/c1-10-7-8-13(17)12(9-10)16(20)15-11-5-3-4-6-14(11)19(2)18-15/h3-9,16,20H,1-2H3. The van der Waals surface area contributed by atoms with Crippen LogP contribution in [0, 0.1) is 12.7 Å². The number of aliphatic hydroxyl groups excluding tert-OH is 1. The minimum absolute atomic E-state index is 0.258. The van der Waals surface area contributed by atoms with E-state index >= 15 is 0 Å². The summed E-state index contributed by atoms with van der Waals surface area (Å²) < 4.78 is 15.6. The second-order valence-electron chi connectivity index (χ2n) is 4.95. The van der Waals surface area contributed by atoms with E-state index in [0.717, 1.165) is 16.5 Å². The van der Waals surface area contributed by atoms with Crippen LogP contribution in [0.25, 0.3) is 10.9 Å². The molecule has 0 fully saturated rings. The summed E-state index contributed by atoms with van der Waals surface area (Å²) >= 11 is 0. The van der Waals surface area contributed by atoms with Crippen LogP contribution in [0.4, 0.5) is 4.39 Å². The summed E-state index contributed by atoms with van der Waals surface area (Å²) in [5.74, 6) is -0.419. The van der Waals surface area contributed by atoms with Crippen molar-refractivity contribution in [3.8, 4) is 0 Å². The maximum atomic E-state index is 13.9. The minimum Gasteiger partial charge on any atom is -0.382 e. The molecular formula is C16H15FN2O. The van der Waals surface area contributed by atoms with Gasteiger partial charge in [-0.15, -0.1) is 0 Å². The fourth-order valence-electron chi connectivity index (χ4n) is 2.46. The van der Waals surface area contributed by atoms with E-state index in [1.165, 1.54) is 6.07 Å². The first-order valence-electron chi connectivity index (χ1n) is 6.43. The van der Waals surface area contributed by atoms with Gasteiger partial charge < -0.3 is 5.11 Å². The van der Waals surface area contributed by atoms with E-state index in [9.17, 15) is 9.50 Å². The first-order valence-corrected chi connectivity index (χ1v) is 6.43. The zero-order valence-corrected chi connectivity index (χ0v) is 11.3. The topological polar surface area (TPSA) is 38.1 Å². The molecule has 0 aliphatic rings. The SMILES string of the molecule is Cc1ccc(F)c(C(O)c2nn(C)c3ccccc23)c1. The van der Waals surface area contributed by atoms with Gasteiger partial charge in [0.15, 0.2) is 0 Å². The highest BCUT2D eigenvalue weighted by Crippen LogP contribution is 2.29. The van der Waals surface area contributed by atoms with Crippen molar-refractivity contribution in [1.29, 1.82) is 0 Å². The molecule has 1 unspecified atom stereocenters. The normalized spacial score (nSPS) is 12.8. The molecule has 0 radical (unpaired) electrons. The van der Waals surface area contributed by atoms with Crippen molar-refractivity contribution in [2.45, 2.75) is 13.0 Å². The number of halogens is 1. The maximum absolute atomic E-state index is 13.9. The Labute approximate surface area is 116 Å². The molecule has 0 spiro atoms. The van der Waals surface area contributed by atoms with E-state index < -0.39 is 11.9 Å². The van der Waals surface area contributed by atoms with Crippen molar-refractivity contribution >= 4 is 10.9 Å². The van der Waals surface area contributed by atoms with E-state index in [2.05, 4.69) is 5.10 Å². The Morgan fingerprint density at radius 2 is 1.95 bits per heavy atom. The predicted octanol–water partition coefficient (Wildman–Crippen LogP) is 3.10. The van der Waals surface area contributed by atoms with E-state index in [-0.39, 0.29) is 5.56 Å². The number of fused-ring (bicyclic) bond motifs is 1. The van der Waals surface area contributed by atoms with Crippen molar-refractivity contribution in [2.75, 3.05) is 0 Å². The molecule has 4 heteroatoms. The fourth-order valence-corrected chi connectivity index (χ4v) is 2.46. The molecule has 1 aromatic heterocycles. The lowest BCUT2D eigenvalue weighted by atomic mass is 10.0. The molecule has 20 heavy (non-hydrogen) atoms. The lowest BCUT2D eigenvalue weighted by Crippen LogP contribution is -2.05. The van der Waals surface area contributed by atoms with Crippen molar-refractivity contribution in [2.24, 2.45) is 7.05 Å². The maximum Gasteiger partial charge on any atom is 0.129 e. The summed E-state index contributed by atoms with van der Waals surface area (Å²) in [4.78, 5) is 0. The Hall–Kier alpha value is -2.20. The van der Waals surface area contributed by atoms with Crippen LogP contribution in [0.1, 0.15) is 22.9 Å². The zero-order valence-electron chi connectivity index (χ0n) is 11.3. The summed E-state index contributed by atoms with van der Waals surface area (Å²) in [5.41, 5.74) is 2.55. The largest absolute Gasteiger partial charge is 0.382 e. The summed E-state index contributed by atoms with van der Waals surface area (Å²) in [6.45, 7) is 1.87. The Balaban J connectivity index is 2.18. The molecule has 102 valence electrons. The van der Waals surface area contributed by atoms with Crippen LogP contribution in [0.5, 0.6) is 0 Å². The van der Waals surface area contributed by atoms with Gasteiger partial charge in [0, 0.05) is 18.0 Å². The minimum atomic E-state index is -1.07. The summed E-state index contributed by atoms with van der Waals surface area (Å²) in [5, 5.41) is 15.7. The molecule has 0 saturated heterocycles. The smallest absolute Gasteiger partial charge is 0.129 e. The number of hydrogen-bond acceptors (Lipinski definition) is 2. The molecule has 3 aromatic rings. The van der Waals surface area contributed by atoms with E-state index in [1.54, 1.807) is 16.8 Å². The highest BCUT2D eigenvalue weighted by Gasteiger charge is 2.21. The number of aromatic nitrogens is 2. The van der Waals surface area contributed by atoms with Gasteiger partial charge in [-0.05, 0) is 19.1 Å². The van der Waals surface area contributed by atoms with Gasteiger partial charge in [-0.1, -0.05) is 35.9 Å². The average Bonchev–Trinajstić information content (AvgIpc) is 2.79. The number of aliphatic hydroxyl groups is 1. The molecule has 0 aliphatic heterocycles. The number of hydrogen-bond donors (Lipinski definition) is 1. The molecular weight excluding hydrogens is 255 g/mol. The van der Waals surface area contributed by atoms with Crippen LogP contribution >= 0.6 is 0 Å². The van der Waals surface area contributed by atoms with Gasteiger partial charge in [-0.25, -0.2) is 4.39 Å². The Morgan fingerprint density at radius 3 is 2.75 bits per heavy atom. The second-order valence-corrected chi connectivity index (χ2v) is 4.95. The Morgan fingerprint density at radius 1 is 1.20 bits per heavy atom. The molecule has 1 heterocycles. The number of rotatable bonds is 2. The molecule has 3 rings (SSSR count). The fraction of sp³-hybridized carbons (Fsp3) is 0.188. The van der Waals surface area contributed by atoms with Gasteiger partial charge in [0.1, 0.15) is 17.6 Å². The molecule has 1 atom stereocenters. The highest BCUT2D eigenvalue weighted by atomic mass is 19.1. The third-order valence-corrected chi connectivity index (χ3v) is 3.49. The molecule has 0 amide bonds. The lowest BCUT2D eigenvalue weighted by Gasteiger charge is -2.11. The van der Waals surface area contributed by atoms with Crippen molar-refractivity contribution in [1.82, 2.24) is 9.78 Å². The van der Waals surface area contributed by atoms with Gasteiger partial charge in [0.25, 0.3) is 0 Å². The monoisotopic (exact) mass is 270 g/mol. The van der Waals surface area contributed by atoms with E-state index in [1.807, 2.05) is 38.2 Å². The first-order chi connectivity index (χ1) is 9.58. The van der Waals surface area contributed by atoms with Crippen LogP contribution in [0.15, 0.2) is 42.5 Å². The van der Waals surface area contributed by atoms with Gasteiger partial charge in [-0.3, -0.25) is 4.68 Å². The van der Waals surface area contributed by atoms with Crippen LogP contribution in [0.2, 0.25) is 0 Å².